The second kappa shape index (κ2) is 1.44. The molecule has 0 spiro atoms. The highest BCUT2D eigenvalue weighted by Crippen LogP contribution is 1.98. The zero-order chi connectivity index (χ0) is 2.83. The maximum absolute atomic E-state index is 2.10. The second-order valence-corrected chi connectivity index (χ2v) is 11.6. The molecular weight excluding hydrogens is 116 g/mol. The van der Waals surface area contributed by atoms with Gasteiger partial charge in [-0.25, -0.2) is 10.7 Å². The first-order chi connectivity index (χ1) is 2.00. The Morgan fingerprint density at radius 2 is 1.50 bits per heavy atom. The van der Waals surface area contributed by atoms with Crippen LogP contribution in [0, 0.1) is 0 Å². The maximum atomic E-state index is 2.10. The van der Waals surface area contributed by atoms with Crippen LogP contribution in [0.15, 0.2) is 0 Å². The Kier molecular flexibility index (Phi) is 1.15. The molecule has 4 heteroatoms. The smallest absolute Gasteiger partial charge is 0.0924 e. The summed E-state index contributed by atoms with van der Waals surface area (Å²) in [5.41, 5.74) is 0. The number of hydrogen-bond acceptors (Lipinski definition) is 1. The first-order valence-electron chi connectivity index (χ1n) is 0.908. The number of rotatable bonds is 0. The van der Waals surface area contributed by atoms with Gasteiger partial charge in [-0.05, 0) is 0 Å². The van der Waals surface area contributed by atoms with Crippen LogP contribution in [-0.4, -0.2) is 24.9 Å². The molecule has 1 aliphatic heterocycles. The molecule has 1 rings (SSSR count). The summed E-state index contributed by atoms with van der Waals surface area (Å²) < 4.78 is 0. The normalized spacial score (nSPS) is 24.0. The van der Waals surface area contributed by atoms with Gasteiger partial charge in [0.2, 0.25) is 0 Å². The Morgan fingerprint density at radius 1 is 1.25 bits per heavy atom. The Morgan fingerprint density at radius 3 is 1.50 bits per heavy atom. The summed E-state index contributed by atoms with van der Waals surface area (Å²) in [6.45, 7) is 0. The van der Waals surface area contributed by atoms with Crippen molar-refractivity contribution in [1.82, 2.24) is 0 Å². The average molecular weight is 116 g/mol. The first kappa shape index (κ1) is 3.20. The molecule has 0 aromatic rings. The second-order valence-electron chi connectivity index (χ2n) is 0.431. The molecule has 0 amide bonds. The Balaban J connectivity index is 2.00. The lowest BCUT2D eigenvalue weighted by atomic mass is 26.5. The summed E-state index contributed by atoms with van der Waals surface area (Å²) in [6.07, 6.45) is 0. The first-order valence-corrected chi connectivity index (χ1v) is 8.17. The molecule has 0 saturated carbocycles. The minimum atomic E-state index is 1.28. The van der Waals surface area contributed by atoms with Gasteiger partial charge in [0.15, 0.2) is 0 Å². The predicted octanol–water partition coefficient (Wildman–Crippen LogP) is -0.494. The lowest BCUT2D eigenvalue weighted by Gasteiger charge is -2.01. The Bertz CT molecular complexity index is 11.2. The van der Waals surface area contributed by atoms with Crippen molar-refractivity contribution in [2.45, 2.75) is 0 Å². The van der Waals surface area contributed by atoms with Crippen LogP contribution in [0.5, 0.6) is 0 Å². The lowest BCUT2D eigenvalue weighted by molar-refractivity contribution is 4.03. The van der Waals surface area contributed by atoms with Crippen molar-refractivity contribution in [1.29, 1.82) is 0 Å². The van der Waals surface area contributed by atoms with Crippen molar-refractivity contribution in [3.05, 3.63) is 0 Å². The van der Waals surface area contributed by atoms with Gasteiger partial charge in [-0.1, -0.05) is 0 Å². The summed E-state index contributed by atoms with van der Waals surface area (Å²) in [5.74, 6) is 0. The summed E-state index contributed by atoms with van der Waals surface area (Å²) >= 11 is 0. The van der Waals surface area contributed by atoms with Crippen molar-refractivity contribution in [2.75, 3.05) is 0 Å². The van der Waals surface area contributed by atoms with E-state index < -0.39 is 0 Å². The lowest BCUT2D eigenvalue weighted by Crippen LogP contribution is -2.19. The van der Waals surface area contributed by atoms with E-state index in [1.807, 2.05) is 0 Å². The molecule has 0 aromatic carbocycles. The standard InChI is InChI=1S/SSi3/c1-2-4-3-1. The molecule has 18 valence electrons. The average Bonchev–Trinajstić information content (AvgIpc) is 0.722. The van der Waals surface area contributed by atoms with Gasteiger partial charge >= 0.3 is 0 Å². The van der Waals surface area contributed by atoms with Crippen LogP contribution in [0.1, 0.15) is 0 Å². The van der Waals surface area contributed by atoms with E-state index in [1.54, 1.807) is 0 Å². The zero-order valence-electron chi connectivity index (χ0n) is 1.91. The SMILES string of the molecule is [Si]1[Si]S[Si]1. The van der Waals surface area contributed by atoms with Gasteiger partial charge in [0, 0.05) is 8.55 Å². The van der Waals surface area contributed by atoms with E-state index in [4.69, 9.17) is 0 Å². The molecule has 1 heterocycles. The van der Waals surface area contributed by atoms with Gasteiger partial charge < -0.3 is 0 Å². The molecule has 0 unspecified atom stereocenters. The van der Waals surface area contributed by atoms with Gasteiger partial charge in [-0.2, -0.15) is 0 Å². The molecule has 1 saturated heterocycles. The quantitative estimate of drug-likeness (QED) is 0.385. The summed E-state index contributed by atoms with van der Waals surface area (Å²) in [4.78, 5) is 0. The van der Waals surface area contributed by atoms with E-state index in [2.05, 4.69) is 10.7 Å². The highest BCUT2D eigenvalue weighted by Gasteiger charge is 2.01. The van der Waals surface area contributed by atoms with Crippen LogP contribution in [0.2, 0.25) is 0 Å². The third-order valence-corrected chi connectivity index (χ3v) is 16.5. The van der Waals surface area contributed by atoms with Crippen LogP contribution in [-0.2, 0) is 0 Å². The molecule has 0 nitrogen and oxygen atoms in total. The molecule has 6 radical (unpaired) electrons. The monoisotopic (exact) mass is 116 g/mol. The Hall–Kier alpha value is 1.00. The van der Waals surface area contributed by atoms with E-state index in [0.29, 0.717) is 0 Å². The molecule has 0 aromatic heterocycles. The van der Waals surface area contributed by atoms with Crippen molar-refractivity contribution in [3.8, 4) is 0 Å². The van der Waals surface area contributed by atoms with E-state index in [0.717, 1.165) is 0 Å². The van der Waals surface area contributed by atoms with Gasteiger partial charge in [0.25, 0.3) is 0 Å². The van der Waals surface area contributed by atoms with E-state index in [9.17, 15) is 0 Å². The largest absolute Gasteiger partial charge is 0.222 e. The van der Waals surface area contributed by atoms with E-state index in [-0.39, 0.29) is 0 Å². The third-order valence-electron chi connectivity index (χ3n) is 0.204. The summed E-state index contributed by atoms with van der Waals surface area (Å²) in [6, 6.07) is 0. The zero-order valence-corrected chi connectivity index (χ0v) is 5.72. The Labute approximate surface area is 36.1 Å². The molecule has 0 atom stereocenters. The molecule has 0 aliphatic carbocycles. The maximum Gasteiger partial charge on any atom is 0.0924 e. The minimum Gasteiger partial charge on any atom is -0.222 e. The molecule has 1 aliphatic rings. The molecule has 0 N–H and O–H groups in total. The predicted molar refractivity (Wildman–Crippen MR) is 24.9 cm³/mol. The fourth-order valence-corrected chi connectivity index (χ4v) is 4.13. The van der Waals surface area contributed by atoms with Crippen LogP contribution in [0.3, 0.4) is 0 Å². The topological polar surface area (TPSA) is 0 Å². The summed E-state index contributed by atoms with van der Waals surface area (Å²) in [5, 5.41) is 0. The van der Waals surface area contributed by atoms with Crippen LogP contribution in [0.4, 0.5) is 0 Å². The van der Waals surface area contributed by atoms with Gasteiger partial charge in [-0.15, -0.1) is 0 Å². The van der Waals surface area contributed by atoms with Crippen LogP contribution < -0.4 is 0 Å². The summed E-state index contributed by atoms with van der Waals surface area (Å²) in [7, 11) is 6.00. The molecule has 4 heavy (non-hydrogen) atoms. The van der Waals surface area contributed by atoms with Crippen LogP contribution in [0.25, 0.3) is 0 Å². The minimum absolute atomic E-state index is 1.28. The van der Waals surface area contributed by atoms with Gasteiger partial charge in [0.05, 0.1) is 16.4 Å². The van der Waals surface area contributed by atoms with E-state index in [1.165, 1.54) is 24.9 Å². The van der Waals surface area contributed by atoms with Gasteiger partial charge in [0.1, 0.15) is 0 Å². The molecule has 0 bridgehead atoms. The molecular formula is SSi3. The fraction of sp³-hybridized carbons (Fsp3) is 0. The van der Waals surface area contributed by atoms with Crippen LogP contribution >= 0.6 is 10.7 Å². The van der Waals surface area contributed by atoms with Gasteiger partial charge in [-0.3, -0.25) is 0 Å². The highest BCUT2D eigenvalue weighted by atomic mass is 32.6. The fourth-order valence-electron chi connectivity index (χ4n) is 0.0510. The number of hydrogen-bond donors (Lipinski definition) is 0. The highest BCUT2D eigenvalue weighted by molar-refractivity contribution is 8.55. The molecule has 1 fully saturated rings. The third kappa shape index (κ3) is 0.480. The van der Waals surface area contributed by atoms with Crippen molar-refractivity contribution < 1.29 is 0 Å². The van der Waals surface area contributed by atoms with Crippen molar-refractivity contribution >= 4 is 35.6 Å². The van der Waals surface area contributed by atoms with Crippen molar-refractivity contribution in [2.24, 2.45) is 0 Å². The van der Waals surface area contributed by atoms with Crippen molar-refractivity contribution in [3.63, 3.8) is 0 Å². The van der Waals surface area contributed by atoms with E-state index >= 15 is 0 Å².